The second-order valence-electron chi connectivity index (χ2n) is 1.15. The Kier molecular flexibility index (Phi) is 3.19. The number of aliphatic hydroxyl groups is 1. The van der Waals surface area contributed by atoms with Crippen LogP contribution in [0.4, 0.5) is 0 Å². The van der Waals surface area contributed by atoms with Gasteiger partial charge in [0, 0.05) is 0 Å². The first-order valence-corrected chi connectivity index (χ1v) is 2.24. The lowest BCUT2D eigenvalue weighted by molar-refractivity contribution is 0.135. The number of rotatable bonds is 2. The van der Waals surface area contributed by atoms with Gasteiger partial charge in [-0.1, -0.05) is 6.92 Å². The molecule has 0 spiro atoms. The molecule has 2 heteroatoms. The molecular formula is C5H10O2. The van der Waals surface area contributed by atoms with Crippen LogP contribution in [0, 0.1) is 0 Å². The molecule has 0 aromatic heterocycles. The van der Waals surface area contributed by atoms with Gasteiger partial charge in [0.1, 0.15) is 0 Å². The molecule has 0 amide bonds. The summed E-state index contributed by atoms with van der Waals surface area (Å²) in [6.07, 6.45) is 2.40. The predicted molar refractivity (Wildman–Crippen MR) is 28.0 cm³/mol. The second kappa shape index (κ2) is 3.53. The molecule has 7 heavy (non-hydrogen) atoms. The van der Waals surface area contributed by atoms with Crippen molar-refractivity contribution in [1.82, 2.24) is 0 Å². The number of methoxy groups -OCH3 is 1. The van der Waals surface area contributed by atoms with Crippen LogP contribution < -0.4 is 0 Å². The zero-order chi connectivity index (χ0) is 5.70. The van der Waals surface area contributed by atoms with Crippen molar-refractivity contribution < 1.29 is 9.84 Å². The molecule has 0 unspecified atom stereocenters. The monoisotopic (exact) mass is 102 g/mol. The highest BCUT2D eigenvalue weighted by Gasteiger charge is 1.80. The summed E-state index contributed by atoms with van der Waals surface area (Å²) in [7, 11) is 1.43. The highest BCUT2D eigenvalue weighted by molar-refractivity contribution is 4.78. The van der Waals surface area contributed by atoms with Gasteiger partial charge < -0.3 is 9.84 Å². The van der Waals surface area contributed by atoms with E-state index in [-0.39, 0.29) is 5.95 Å². The summed E-state index contributed by atoms with van der Waals surface area (Å²) in [5, 5.41) is 8.50. The number of ether oxygens (including phenoxy) is 1. The fourth-order valence-electron chi connectivity index (χ4n) is 0.258. The molecule has 0 saturated carbocycles. The normalized spacial score (nSPS) is 11.4. The molecule has 0 atom stereocenters. The molecule has 0 aliphatic rings. The molecule has 42 valence electrons. The molecule has 0 heterocycles. The number of hydrogen-bond acceptors (Lipinski definition) is 2. The lowest BCUT2D eigenvalue weighted by atomic mass is 10.5. The minimum Gasteiger partial charge on any atom is -0.481 e. The van der Waals surface area contributed by atoms with Crippen LogP contribution in [0.5, 0.6) is 0 Å². The van der Waals surface area contributed by atoms with Crippen molar-refractivity contribution in [1.29, 1.82) is 0 Å². The highest BCUT2D eigenvalue weighted by atomic mass is 16.6. The SMILES string of the molecule is CCC=C(O)OC. The van der Waals surface area contributed by atoms with E-state index in [1.165, 1.54) is 7.11 Å². The minimum absolute atomic E-state index is 0.00231. The van der Waals surface area contributed by atoms with Crippen molar-refractivity contribution in [2.75, 3.05) is 7.11 Å². The van der Waals surface area contributed by atoms with Gasteiger partial charge in [0.2, 0.25) is 0 Å². The first-order chi connectivity index (χ1) is 3.31. The van der Waals surface area contributed by atoms with Crippen LogP contribution in [0.1, 0.15) is 13.3 Å². The zero-order valence-corrected chi connectivity index (χ0v) is 4.64. The Balaban J connectivity index is 3.29. The topological polar surface area (TPSA) is 29.5 Å². The van der Waals surface area contributed by atoms with Gasteiger partial charge in [-0.25, -0.2) is 0 Å². The van der Waals surface area contributed by atoms with Gasteiger partial charge in [-0.05, 0) is 12.5 Å². The van der Waals surface area contributed by atoms with E-state index in [1.54, 1.807) is 6.08 Å². The van der Waals surface area contributed by atoms with E-state index in [1.807, 2.05) is 6.92 Å². The number of aliphatic hydroxyl groups excluding tert-OH is 1. The minimum atomic E-state index is 0.00231. The Morgan fingerprint density at radius 2 is 2.43 bits per heavy atom. The van der Waals surface area contributed by atoms with Crippen LogP contribution in [0.25, 0.3) is 0 Å². The average Bonchev–Trinajstić information content (AvgIpc) is 1.68. The summed E-state index contributed by atoms with van der Waals surface area (Å²) in [6, 6.07) is 0. The maximum absolute atomic E-state index is 8.50. The summed E-state index contributed by atoms with van der Waals surface area (Å²) in [4.78, 5) is 0. The smallest absolute Gasteiger partial charge is 0.272 e. The molecule has 2 nitrogen and oxygen atoms in total. The number of allylic oxidation sites excluding steroid dienone is 1. The van der Waals surface area contributed by atoms with Crippen molar-refractivity contribution in [3.63, 3.8) is 0 Å². The highest BCUT2D eigenvalue weighted by Crippen LogP contribution is 1.88. The van der Waals surface area contributed by atoms with Crippen molar-refractivity contribution in [3.8, 4) is 0 Å². The fourth-order valence-corrected chi connectivity index (χ4v) is 0.258. The molecular weight excluding hydrogens is 92.1 g/mol. The van der Waals surface area contributed by atoms with Crippen LogP contribution in [0.2, 0.25) is 0 Å². The number of hydrogen-bond donors (Lipinski definition) is 1. The largest absolute Gasteiger partial charge is 0.481 e. The Hall–Kier alpha value is -0.660. The van der Waals surface area contributed by atoms with Crippen molar-refractivity contribution >= 4 is 0 Å². The van der Waals surface area contributed by atoms with Crippen molar-refractivity contribution in [2.45, 2.75) is 13.3 Å². The quantitative estimate of drug-likeness (QED) is 0.534. The van der Waals surface area contributed by atoms with Crippen LogP contribution in [-0.4, -0.2) is 12.2 Å². The molecule has 0 bridgehead atoms. The fraction of sp³-hybridized carbons (Fsp3) is 0.600. The van der Waals surface area contributed by atoms with E-state index in [0.717, 1.165) is 6.42 Å². The standard InChI is InChI=1S/C5H10O2/c1-3-4-5(6)7-2/h4,6H,3H2,1-2H3. The molecule has 0 fully saturated rings. The molecule has 0 aromatic rings. The molecule has 0 radical (unpaired) electrons. The van der Waals surface area contributed by atoms with Crippen LogP contribution in [0.15, 0.2) is 12.0 Å². The summed E-state index contributed by atoms with van der Waals surface area (Å²) in [5.74, 6) is 0.00231. The van der Waals surface area contributed by atoms with Crippen molar-refractivity contribution in [3.05, 3.63) is 12.0 Å². The van der Waals surface area contributed by atoms with Crippen LogP contribution >= 0.6 is 0 Å². The summed E-state index contributed by atoms with van der Waals surface area (Å²) in [6.45, 7) is 1.93. The van der Waals surface area contributed by atoms with Gasteiger partial charge in [0.15, 0.2) is 0 Å². The van der Waals surface area contributed by atoms with Gasteiger partial charge >= 0.3 is 0 Å². The third kappa shape index (κ3) is 3.16. The maximum atomic E-state index is 8.50. The van der Waals surface area contributed by atoms with E-state index >= 15 is 0 Å². The Bertz CT molecular complexity index is 66.5. The van der Waals surface area contributed by atoms with Gasteiger partial charge in [0.05, 0.1) is 7.11 Å². The third-order valence-electron chi connectivity index (χ3n) is 0.588. The molecule has 0 rings (SSSR count). The van der Waals surface area contributed by atoms with Crippen LogP contribution in [-0.2, 0) is 4.74 Å². The summed E-state index contributed by atoms with van der Waals surface area (Å²) < 4.78 is 4.41. The third-order valence-corrected chi connectivity index (χ3v) is 0.588. The summed E-state index contributed by atoms with van der Waals surface area (Å²) >= 11 is 0. The van der Waals surface area contributed by atoms with Gasteiger partial charge in [-0.2, -0.15) is 0 Å². The maximum Gasteiger partial charge on any atom is 0.272 e. The zero-order valence-electron chi connectivity index (χ0n) is 4.64. The second-order valence-corrected chi connectivity index (χ2v) is 1.15. The van der Waals surface area contributed by atoms with E-state index in [4.69, 9.17) is 5.11 Å². The van der Waals surface area contributed by atoms with E-state index in [2.05, 4.69) is 4.74 Å². The van der Waals surface area contributed by atoms with Gasteiger partial charge in [0.25, 0.3) is 5.95 Å². The average molecular weight is 102 g/mol. The Morgan fingerprint density at radius 3 is 2.57 bits per heavy atom. The molecule has 0 saturated heterocycles. The van der Waals surface area contributed by atoms with E-state index < -0.39 is 0 Å². The Morgan fingerprint density at radius 1 is 1.86 bits per heavy atom. The molecule has 0 aromatic carbocycles. The van der Waals surface area contributed by atoms with Crippen LogP contribution in [0.3, 0.4) is 0 Å². The molecule has 0 aliphatic heterocycles. The van der Waals surface area contributed by atoms with E-state index in [9.17, 15) is 0 Å². The lowest BCUT2D eigenvalue weighted by Gasteiger charge is -1.91. The predicted octanol–water partition coefficient (Wildman–Crippen LogP) is 1.44. The molecule has 1 N–H and O–H groups in total. The van der Waals surface area contributed by atoms with Crippen molar-refractivity contribution in [2.24, 2.45) is 0 Å². The summed E-state index contributed by atoms with van der Waals surface area (Å²) in [5.41, 5.74) is 0. The van der Waals surface area contributed by atoms with Gasteiger partial charge in [-0.3, -0.25) is 0 Å². The molecule has 0 aliphatic carbocycles. The van der Waals surface area contributed by atoms with E-state index in [0.29, 0.717) is 0 Å². The lowest BCUT2D eigenvalue weighted by Crippen LogP contribution is -1.80. The van der Waals surface area contributed by atoms with Gasteiger partial charge in [-0.15, -0.1) is 0 Å². The first-order valence-electron chi connectivity index (χ1n) is 2.24. The Labute approximate surface area is 43.4 Å². The first kappa shape index (κ1) is 6.34.